The van der Waals surface area contributed by atoms with E-state index in [1.807, 2.05) is 6.07 Å². The summed E-state index contributed by atoms with van der Waals surface area (Å²) in [7, 11) is 0. The lowest BCUT2D eigenvalue weighted by Crippen LogP contribution is -2.49. The zero-order valence-electron chi connectivity index (χ0n) is 10.9. The summed E-state index contributed by atoms with van der Waals surface area (Å²) < 4.78 is 0. The Morgan fingerprint density at radius 3 is 2.72 bits per heavy atom. The number of hydrogen-bond acceptors (Lipinski definition) is 2. The number of para-hydroxylation sites is 1. The van der Waals surface area contributed by atoms with E-state index in [1.165, 1.54) is 31.1 Å². The quantitative estimate of drug-likeness (QED) is 0.882. The largest absolute Gasteiger partial charge is 0.306 e. The maximum atomic E-state index is 4.71. The van der Waals surface area contributed by atoms with Gasteiger partial charge in [0.2, 0.25) is 0 Å². The van der Waals surface area contributed by atoms with Gasteiger partial charge in [-0.3, -0.25) is 4.98 Å². The first-order chi connectivity index (χ1) is 8.81. The second-order valence-electron chi connectivity index (χ2n) is 5.34. The Balaban J connectivity index is 1.74. The van der Waals surface area contributed by atoms with Crippen molar-refractivity contribution in [3.05, 3.63) is 42.1 Å². The molecule has 2 heteroatoms. The van der Waals surface area contributed by atoms with E-state index >= 15 is 0 Å². The predicted octanol–water partition coefficient (Wildman–Crippen LogP) is 3.66. The van der Waals surface area contributed by atoms with Crippen LogP contribution in [0.15, 0.2) is 36.4 Å². The highest BCUT2D eigenvalue weighted by atomic mass is 15.0. The molecule has 1 heterocycles. The van der Waals surface area contributed by atoms with Crippen LogP contribution in [0.4, 0.5) is 0 Å². The first-order valence-corrected chi connectivity index (χ1v) is 6.91. The van der Waals surface area contributed by atoms with Crippen molar-refractivity contribution in [3.8, 4) is 0 Å². The topological polar surface area (TPSA) is 24.9 Å². The maximum absolute atomic E-state index is 4.71. The standard InChI is InChI=1S/C16H20N2/c1-2-16(10-5-11-16)17-12-14-9-8-13-6-3-4-7-15(13)18-14/h3-4,6-9,17H,2,5,10-12H2,1H3. The Morgan fingerprint density at radius 2 is 2.00 bits per heavy atom. The van der Waals surface area contributed by atoms with E-state index < -0.39 is 0 Å². The van der Waals surface area contributed by atoms with E-state index in [1.54, 1.807) is 0 Å². The molecule has 0 atom stereocenters. The predicted molar refractivity (Wildman–Crippen MR) is 75.5 cm³/mol. The number of fused-ring (bicyclic) bond motifs is 1. The zero-order chi connectivity index (χ0) is 12.4. The minimum atomic E-state index is 0.396. The van der Waals surface area contributed by atoms with Crippen LogP contribution in [0.2, 0.25) is 0 Å². The van der Waals surface area contributed by atoms with Crippen LogP contribution in [0, 0.1) is 0 Å². The summed E-state index contributed by atoms with van der Waals surface area (Å²) >= 11 is 0. The monoisotopic (exact) mass is 240 g/mol. The number of rotatable bonds is 4. The van der Waals surface area contributed by atoms with Gasteiger partial charge in [0.15, 0.2) is 0 Å². The van der Waals surface area contributed by atoms with Crippen molar-refractivity contribution >= 4 is 10.9 Å². The van der Waals surface area contributed by atoms with E-state index in [2.05, 4.69) is 42.6 Å². The van der Waals surface area contributed by atoms with Gasteiger partial charge in [0.1, 0.15) is 0 Å². The Morgan fingerprint density at radius 1 is 1.17 bits per heavy atom. The van der Waals surface area contributed by atoms with Crippen molar-refractivity contribution in [1.82, 2.24) is 10.3 Å². The van der Waals surface area contributed by atoms with Crippen LogP contribution in [-0.2, 0) is 6.54 Å². The normalized spacial score (nSPS) is 17.6. The van der Waals surface area contributed by atoms with Gasteiger partial charge in [0.05, 0.1) is 11.2 Å². The van der Waals surface area contributed by atoms with Crippen molar-refractivity contribution in [2.45, 2.75) is 44.7 Å². The Kier molecular flexibility index (Phi) is 3.04. The average Bonchev–Trinajstić information content (AvgIpc) is 2.38. The highest BCUT2D eigenvalue weighted by Crippen LogP contribution is 2.34. The van der Waals surface area contributed by atoms with E-state index in [0.717, 1.165) is 17.8 Å². The third-order valence-electron chi connectivity index (χ3n) is 4.29. The molecule has 1 aliphatic carbocycles. The van der Waals surface area contributed by atoms with Gasteiger partial charge in [0.25, 0.3) is 0 Å². The number of pyridine rings is 1. The summed E-state index contributed by atoms with van der Waals surface area (Å²) in [6.07, 6.45) is 5.22. The molecule has 2 aromatic rings. The molecule has 0 saturated heterocycles. The molecule has 1 N–H and O–H groups in total. The van der Waals surface area contributed by atoms with Crippen LogP contribution in [0.5, 0.6) is 0 Å². The molecule has 18 heavy (non-hydrogen) atoms. The molecule has 94 valence electrons. The number of nitrogens with zero attached hydrogens (tertiary/aromatic N) is 1. The van der Waals surface area contributed by atoms with E-state index in [-0.39, 0.29) is 0 Å². The minimum Gasteiger partial charge on any atom is -0.306 e. The van der Waals surface area contributed by atoms with Gasteiger partial charge in [0, 0.05) is 17.5 Å². The summed E-state index contributed by atoms with van der Waals surface area (Å²) in [5.41, 5.74) is 2.64. The molecule has 0 unspecified atom stereocenters. The van der Waals surface area contributed by atoms with Crippen molar-refractivity contribution in [3.63, 3.8) is 0 Å². The molecule has 0 bridgehead atoms. The third kappa shape index (κ3) is 2.13. The first-order valence-electron chi connectivity index (χ1n) is 6.91. The molecule has 0 amide bonds. The molecule has 1 saturated carbocycles. The van der Waals surface area contributed by atoms with Crippen molar-refractivity contribution in [2.24, 2.45) is 0 Å². The average molecular weight is 240 g/mol. The summed E-state index contributed by atoms with van der Waals surface area (Å²) in [5.74, 6) is 0. The molecule has 1 fully saturated rings. The van der Waals surface area contributed by atoms with Gasteiger partial charge < -0.3 is 5.32 Å². The Bertz CT molecular complexity index is 538. The van der Waals surface area contributed by atoms with Crippen molar-refractivity contribution in [2.75, 3.05) is 0 Å². The lowest BCUT2D eigenvalue weighted by molar-refractivity contribution is 0.175. The minimum absolute atomic E-state index is 0.396. The van der Waals surface area contributed by atoms with Crippen molar-refractivity contribution in [1.29, 1.82) is 0 Å². The van der Waals surface area contributed by atoms with E-state index in [0.29, 0.717) is 5.54 Å². The Hall–Kier alpha value is -1.41. The molecule has 1 aliphatic rings. The van der Waals surface area contributed by atoms with Gasteiger partial charge in [-0.25, -0.2) is 0 Å². The van der Waals surface area contributed by atoms with Gasteiger partial charge in [-0.15, -0.1) is 0 Å². The smallest absolute Gasteiger partial charge is 0.0705 e. The Labute approximate surface area is 108 Å². The lowest BCUT2D eigenvalue weighted by Gasteiger charge is -2.42. The molecule has 0 radical (unpaired) electrons. The fraction of sp³-hybridized carbons (Fsp3) is 0.438. The second-order valence-corrected chi connectivity index (χ2v) is 5.34. The molecule has 1 aromatic heterocycles. The lowest BCUT2D eigenvalue weighted by atomic mass is 9.75. The fourth-order valence-corrected chi connectivity index (χ4v) is 2.74. The highest BCUT2D eigenvalue weighted by molar-refractivity contribution is 5.78. The number of aromatic nitrogens is 1. The van der Waals surface area contributed by atoms with Gasteiger partial charge >= 0.3 is 0 Å². The summed E-state index contributed by atoms with van der Waals surface area (Å²) in [6, 6.07) is 12.6. The van der Waals surface area contributed by atoms with Crippen molar-refractivity contribution < 1.29 is 0 Å². The summed E-state index contributed by atoms with van der Waals surface area (Å²) in [5, 5.41) is 4.92. The number of hydrogen-bond donors (Lipinski definition) is 1. The molecular weight excluding hydrogens is 220 g/mol. The van der Waals surface area contributed by atoms with E-state index in [9.17, 15) is 0 Å². The highest BCUT2D eigenvalue weighted by Gasteiger charge is 2.34. The fourth-order valence-electron chi connectivity index (χ4n) is 2.74. The molecule has 1 aromatic carbocycles. The van der Waals surface area contributed by atoms with Crippen LogP contribution < -0.4 is 5.32 Å². The molecule has 2 nitrogen and oxygen atoms in total. The van der Waals surface area contributed by atoms with Gasteiger partial charge in [-0.05, 0) is 37.8 Å². The molecule has 0 spiro atoms. The molecule has 0 aliphatic heterocycles. The van der Waals surface area contributed by atoms with Crippen LogP contribution in [0.3, 0.4) is 0 Å². The zero-order valence-corrected chi connectivity index (χ0v) is 10.9. The maximum Gasteiger partial charge on any atom is 0.0705 e. The molecular formula is C16H20N2. The van der Waals surface area contributed by atoms with Crippen LogP contribution in [-0.4, -0.2) is 10.5 Å². The number of nitrogens with one attached hydrogen (secondary N) is 1. The van der Waals surface area contributed by atoms with Crippen LogP contribution >= 0.6 is 0 Å². The summed E-state index contributed by atoms with van der Waals surface area (Å²) in [4.78, 5) is 4.71. The second kappa shape index (κ2) is 4.69. The van der Waals surface area contributed by atoms with E-state index in [4.69, 9.17) is 4.98 Å². The van der Waals surface area contributed by atoms with Gasteiger partial charge in [-0.1, -0.05) is 31.2 Å². The number of benzene rings is 1. The van der Waals surface area contributed by atoms with Crippen LogP contribution in [0.1, 0.15) is 38.3 Å². The first kappa shape index (κ1) is 11.7. The van der Waals surface area contributed by atoms with Gasteiger partial charge in [-0.2, -0.15) is 0 Å². The van der Waals surface area contributed by atoms with Crippen LogP contribution in [0.25, 0.3) is 10.9 Å². The third-order valence-corrected chi connectivity index (χ3v) is 4.29. The summed E-state index contributed by atoms with van der Waals surface area (Å²) in [6.45, 7) is 3.17. The SMILES string of the molecule is CCC1(NCc2ccc3ccccc3n2)CCC1. The molecule has 3 rings (SSSR count).